The Bertz CT molecular complexity index is 2070. The zero-order chi connectivity index (χ0) is 42.3. The average Bonchev–Trinajstić information content (AvgIpc) is 3.17. The zero-order valence-corrected chi connectivity index (χ0v) is 39.1. The molecule has 0 aliphatic heterocycles. The van der Waals surface area contributed by atoms with Crippen LogP contribution in [0.4, 0.5) is 0 Å². The highest BCUT2D eigenvalue weighted by molar-refractivity contribution is 7.18. The predicted molar refractivity (Wildman–Crippen MR) is 255 cm³/mol. The van der Waals surface area contributed by atoms with E-state index in [-0.39, 0.29) is 21.7 Å². The summed E-state index contributed by atoms with van der Waals surface area (Å²) in [6, 6.07) is 51.8. The maximum atomic E-state index is 7.79. The van der Waals surface area contributed by atoms with E-state index in [2.05, 4.69) is 247 Å². The van der Waals surface area contributed by atoms with Gasteiger partial charge in [-0.1, -0.05) is 235 Å². The fourth-order valence-electron chi connectivity index (χ4n) is 7.49. The summed E-state index contributed by atoms with van der Waals surface area (Å²) in [4.78, 5) is 0. The maximum absolute atomic E-state index is 7.79. The Kier molecular flexibility index (Phi) is 12.0. The lowest BCUT2D eigenvalue weighted by atomic mass is 9.75. The Labute approximate surface area is 354 Å². The van der Waals surface area contributed by atoms with E-state index in [1.165, 1.54) is 11.1 Å². The first-order valence-electron chi connectivity index (χ1n) is 20.6. The summed E-state index contributed by atoms with van der Waals surface area (Å²) in [5, 5.41) is -1.82. The Balaban J connectivity index is 1.80. The van der Waals surface area contributed by atoms with Crippen molar-refractivity contribution in [3.05, 3.63) is 190 Å². The van der Waals surface area contributed by atoms with E-state index in [9.17, 15) is 0 Å². The minimum Gasteiger partial charge on any atom is -0.473 e. The lowest BCUT2D eigenvalue weighted by molar-refractivity contribution is 0.201. The normalized spacial score (nSPS) is 13.0. The zero-order valence-electron chi connectivity index (χ0n) is 36.8. The lowest BCUT2D eigenvalue weighted by Gasteiger charge is -2.39. The molecule has 0 spiro atoms. The summed E-state index contributed by atoms with van der Waals surface area (Å²) in [7, 11) is 6.26. The van der Waals surface area contributed by atoms with Crippen molar-refractivity contribution in [2.75, 3.05) is 0 Å². The molecule has 0 radical (unpaired) electrons. The number of benzene rings is 6. The molecular formula is C54H64O2P2. The second-order valence-corrected chi connectivity index (χ2v) is 21.6. The molecule has 0 aliphatic carbocycles. The Morgan fingerprint density at radius 1 is 0.310 bits per heavy atom. The molecule has 0 aromatic heterocycles. The Morgan fingerprint density at radius 3 is 0.759 bits per heavy atom. The number of rotatable bonds is 9. The summed E-state index contributed by atoms with van der Waals surface area (Å²) in [6.07, 6.45) is 0. The van der Waals surface area contributed by atoms with Crippen LogP contribution in [0.25, 0.3) is 11.1 Å². The van der Waals surface area contributed by atoms with Crippen molar-refractivity contribution in [2.24, 2.45) is 0 Å². The van der Waals surface area contributed by atoms with Crippen molar-refractivity contribution in [3.63, 3.8) is 0 Å². The molecule has 0 saturated carbocycles. The molecule has 6 aromatic carbocycles. The van der Waals surface area contributed by atoms with Gasteiger partial charge in [-0.25, -0.2) is 0 Å². The van der Waals surface area contributed by atoms with Gasteiger partial charge in [0.15, 0.2) is 10.7 Å². The van der Waals surface area contributed by atoms with Gasteiger partial charge in [0.1, 0.15) is 11.5 Å². The number of ether oxygens (including phenoxy) is 2. The Morgan fingerprint density at radius 2 is 0.552 bits per heavy atom. The molecule has 2 unspecified atom stereocenters. The summed E-state index contributed by atoms with van der Waals surface area (Å²) in [6.45, 7) is 27.6. The largest absolute Gasteiger partial charge is 0.473 e. The SMILES string of the molecule is CC(C)(C)c1cc(-c2cc(C(C)(C)C)cc(C(C)(C)C)c2OC(P)(c2ccccc2)c2ccccc2)c(OC(P)(c2ccccc2)c2ccccc2)c(C(C)(C)C)c1. The van der Waals surface area contributed by atoms with Crippen LogP contribution in [0.15, 0.2) is 146 Å². The highest BCUT2D eigenvalue weighted by Gasteiger charge is 2.40. The van der Waals surface area contributed by atoms with Gasteiger partial charge in [0.25, 0.3) is 0 Å². The van der Waals surface area contributed by atoms with Crippen LogP contribution < -0.4 is 9.47 Å². The van der Waals surface area contributed by atoms with E-state index >= 15 is 0 Å². The predicted octanol–water partition coefficient (Wildman–Crippen LogP) is 14.9. The molecule has 6 aromatic rings. The lowest BCUT2D eigenvalue weighted by Crippen LogP contribution is -2.31. The van der Waals surface area contributed by atoms with Gasteiger partial charge in [-0.15, -0.1) is 0 Å². The summed E-state index contributed by atoms with van der Waals surface area (Å²) in [5.41, 5.74) is 10.1. The van der Waals surface area contributed by atoms with Gasteiger partial charge in [0.2, 0.25) is 0 Å². The first kappa shape index (κ1) is 43.4. The monoisotopic (exact) mass is 806 g/mol. The van der Waals surface area contributed by atoms with Crippen LogP contribution in [-0.4, -0.2) is 0 Å². The van der Waals surface area contributed by atoms with Crippen molar-refractivity contribution in [1.82, 2.24) is 0 Å². The molecule has 0 fully saturated rings. The van der Waals surface area contributed by atoms with Crippen LogP contribution >= 0.6 is 18.5 Å². The van der Waals surface area contributed by atoms with E-state index in [1.54, 1.807) is 0 Å². The third-order valence-electron chi connectivity index (χ3n) is 11.2. The second kappa shape index (κ2) is 16.1. The average molecular weight is 807 g/mol. The van der Waals surface area contributed by atoms with Crippen LogP contribution in [0.1, 0.15) is 128 Å². The molecule has 0 amide bonds. The maximum Gasteiger partial charge on any atom is 0.171 e. The molecule has 2 nitrogen and oxygen atoms in total. The third-order valence-corrected chi connectivity index (χ3v) is 12.7. The summed E-state index contributed by atoms with van der Waals surface area (Å²) >= 11 is 0. The number of hydrogen-bond donors (Lipinski definition) is 0. The molecule has 0 saturated heterocycles. The van der Waals surface area contributed by atoms with Gasteiger partial charge in [0, 0.05) is 44.5 Å². The van der Waals surface area contributed by atoms with Crippen molar-refractivity contribution >= 4 is 18.5 Å². The Hall–Kier alpha value is -4.22. The highest BCUT2D eigenvalue weighted by Crippen LogP contribution is 2.54. The molecule has 2 atom stereocenters. The molecule has 0 aliphatic rings. The van der Waals surface area contributed by atoms with Gasteiger partial charge in [-0.3, -0.25) is 0 Å². The first-order chi connectivity index (χ1) is 27.0. The molecule has 0 bridgehead atoms. The van der Waals surface area contributed by atoms with Crippen molar-refractivity contribution in [2.45, 2.75) is 115 Å². The van der Waals surface area contributed by atoms with E-state index in [4.69, 9.17) is 9.47 Å². The quantitative estimate of drug-likeness (QED) is 0.136. The van der Waals surface area contributed by atoms with E-state index in [1.807, 2.05) is 0 Å². The van der Waals surface area contributed by atoms with Crippen LogP contribution in [0.3, 0.4) is 0 Å². The van der Waals surface area contributed by atoms with E-state index < -0.39 is 10.7 Å². The second-order valence-electron chi connectivity index (χ2n) is 19.9. The molecule has 0 heterocycles. The van der Waals surface area contributed by atoms with E-state index in [0.717, 1.165) is 56.0 Å². The molecule has 4 heteroatoms. The molecule has 6 rings (SSSR count). The van der Waals surface area contributed by atoms with E-state index in [0.29, 0.717) is 0 Å². The van der Waals surface area contributed by atoms with Crippen molar-refractivity contribution in [1.29, 1.82) is 0 Å². The summed E-state index contributed by atoms with van der Waals surface area (Å²) < 4.78 is 15.6. The number of hydrogen-bond acceptors (Lipinski definition) is 2. The third kappa shape index (κ3) is 9.00. The van der Waals surface area contributed by atoms with Crippen LogP contribution in [0.5, 0.6) is 11.5 Å². The molecular weight excluding hydrogens is 743 g/mol. The van der Waals surface area contributed by atoms with Gasteiger partial charge in [0.05, 0.1) is 0 Å². The molecule has 58 heavy (non-hydrogen) atoms. The smallest absolute Gasteiger partial charge is 0.171 e. The molecule has 0 N–H and O–H groups in total. The topological polar surface area (TPSA) is 18.5 Å². The van der Waals surface area contributed by atoms with Gasteiger partial charge < -0.3 is 9.47 Å². The summed E-state index contributed by atoms with van der Waals surface area (Å²) in [5.74, 6) is 1.68. The molecule has 302 valence electrons. The van der Waals surface area contributed by atoms with Gasteiger partial charge in [-0.2, -0.15) is 0 Å². The minimum atomic E-state index is -0.908. The fraction of sp³-hybridized carbons (Fsp3) is 0.333. The van der Waals surface area contributed by atoms with Gasteiger partial charge >= 0.3 is 0 Å². The van der Waals surface area contributed by atoms with Crippen molar-refractivity contribution in [3.8, 4) is 22.6 Å². The van der Waals surface area contributed by atoms with Crippen LogP contribution in [0.2, 0.25) is 0 Å². The fourth-order valence-corrected chi connectivity index (χ4v) is 8.50. The van der Waals surface area contributed by atoms with Crippen molar-refractivity contribution < 1.29 is 9.47 Å². The van der Waals surface area contributed by atoms with Gasteiger partial charge in [-0.05, 0) is 44.9 Å². The first-order valence-corrected chi connectivity index (χ1v) is 21.8. The standard InChI is InChI=1S/C54H64O2P2/c1-49(2,3)41-33-43(47(45(35-41)51(7,8)9)55-53(57,37-25-17-13-18-26-37)38-27-19-14-20-28-38)44-34-42(50(4,5)6)36-46(52(10,11)12)48(44)56-54(58,39-29-21-15-22-30-39)40-31-23-16-24-32-40/h13-36H,57-58H2,1-12H3. The minimum absolute atomic E-state index is 0.155. The van der Waals surface area contributed by atoms with Crippen LogP contribution in [-0.2, 0) is 32.3 Å². The van der Waals surface area contributed by atoms with Crippen LogP contribution in [0, 0.1) is 0 Å². The highest BCUT2D eigenvalue weighted by atomic mass is 31.0.